The van der Waals surface area contributed by atoms with Gasteiger partial charge in [0.2, 0.25) is 23.6 Å². The fourth-order valence-electron chi connectivity index (χ4n) is 7.98. The third-order valence-corrected chi connectivity index (χ3v) is 10.3. The predicted molar refractivity (Wildman–Crippen MR) is 158 cm³/mol. The average molecular weight is 599 g/mol. The number of hydrogen-bond donors (Lipinski definition) is 1. The molecule has 6 atom stereocenters. The summed E-state index contributed by atoms with van der Waals surface area (Å²) in [4.78, 5) is 58.6. The summed E-state index contributed by atoms with van der Waals surface area (Å²) < 4.78 is 14.0. The highest BCUT2D eigenvalue weighted by Gasteiger charge is 2.68. The average Bonchev–Trinajstić information content (AvgIpc) is 3.36. The van der Waals surface area contributed by atoms with Crippen LogP contribution in [0.2, 0.25) is 5.02 Å². The molecular weight excluding hydrogens is 571 g/mol. The minimum absolute atomic E-state index is 0.0133. The highest BCUT2D eigenvalue weighted by molar-refractivity contribution is 6.32. The summed E-state index contributed by atoms with van der Waals surface area (Å²) >= 11 is 6.05. The van der Waals surface area contributed by atoms with Gasteiger partial charge in [-0.3, -0.25) is 24.1 Å². The van der Waals surface area contributed by atoms with Crippen molar-refractivity contribution in [3.8, 4) is 5.75 Å². The van der Waals surface area contributed by atoms with Gasteiger partial charge in [0, 0.05) is 11.5 Å². The van der Waals surface area contributed by atoms with Gasteiger partial charge in [0.1, 0.15) is 11.6 Å². The molecule has 0 unspecified atom stereocenters. The first kappa shape index (κ1) is 27.5. The van der Waals surface area contributed by atoms with E-state index < -0.39 is 52.6 Å². The number of amides is 4. The monoisotopic (exact) mass is 598 g/mol. The number of aryl methyl sites for hydroxylation is 1. The second-order valence-electron chi connectivity index (χ2n) is 12.1. The minimum atomic E-state index is -1.33. The maximum absolute atomic E-state index is 14.4. The lowest BCUT2D eigenvalue weighted by Crippen LogP contribution is -2.49. The third-order valence-electron chi connectivity index (χ3n) is 10.0. The Morgan fingerprint density at radius 3 is 2.35 bits per heavy atom. The van der Waals surface area contributed by atoms with Crippen molar-refractivity contribution in [2.75, 3.05) is 9.80 Å². The van der Waals surface area contributed by atoms with Gasteiger partial charge in [0.25, 0.3) is 0 Å². The van der Waals surface area contributed by atoms with Gasteiger partial charge in [-0.1, -0.05) is 59.6 Å². The second kappa shape index (κ2) is 9.61. The third kappa shape index (κ3) is 3.72. The Hall–Kier alpha value is -4.30. The molecule has 4 aliphatic rings. The van der Waals surface area contributed by atoms with Crippen LogP contribution < -0.4 is 9.80 Å². The molecule has 1 saturated carbocycles. The maximum Gasteiger partial charge on any atom is 0.241 e. The zero-order valence-corrected chi connectivity index (χ0v) is 24.2. The number of carbonyl (C=O) groups excluding carboxylic acids is 4. The van der Waals surface area contributed by atoms with E-state index in [9.17, 15) is 28.7 Å². The highest BCUT2D eigenvalue weighted by atomic mass is 35.5. The van der Waals surface area contributed by atoms with Crippen LogP contribution in [-0.2, 0) is 19.2 Å². The standard InChI is InChI=1S/C34H28ClFN2O5/c1-17-7-6-10-22(29(17)39)28-20-12-13-21-27(32(42)37(30(21)40)18-8-4-3-5-9-18)23(20)16-24-31(41)38(33(43)34(24,28)2)19-11-14-26(36)25(35)15-19/h3-12,14-15,21,23-24,27-28,39H,13,16H2,1-2H3/t21-,23+,24-,27-,28+,34+/m0/s1. The Bertz CT molecular complexity index is 1770. The van der Waals surface area contributed by atoms with Crippen LogP contribution in [0.1, 0.15) is 36.8 Å². The van der Waals surface area contributed by atoms with Crippen molar-refractivity contribution in [2.24, 2.45) is 29.1 Å². The van der Waals surface area contributed by atoms with Gasteiger partial charge in [0.15, 0.2) is 0 Å². The predicted octanol–water partition coefficient (Wildman–Crippen LogP) is 5.93. The SMILES string of the molecule is Cc1cccc([C@H]2C3=CC[C@@H]4C(=O)N(c5ccccc5)C(=O)[C@@H]4[C@@H]3C[C@H]3C(=O)N(c4ccc(F)c(Cl)c4)C(=O)[C@@]23C)c1O. The number of para-hydroxylation sites is 2. The zero-order valence-electron chi connectivity index (χ0n) is 23.5. The molecule has 0 radical (unpaired) electrons. The first-order valence-electron chi connectivity index (χ1n) is 14.3. The first-order valence-corrected chi connectivity index (χ1v) is 14.7. The van der Waals surface area contributed by atoms with Crippen molar-refractivity contribution in [3.05, 3.63) is 100 Å². The van der Waals surface area contributed by atoms with Crippen LogP contribution in [0.15, 0.2) is 78.4 Å². The number of aromatic hydroxyl groups is 1. The van der Waals surface area contributed by atoms with Gasteiger partial charge in [-0.05, 0) is 68.5 Å². The van der Waals surface area contributed by atoms with Crippen molar-refractivity contribution >= 4 is 46.6 Å². The number of fused-ring (bicyclic) bond motifs is 4. The van der Waals surface area contributed by atoms with E-state index in [1.54, 1.807) is 56.3 Å². The smallest absolute Gasteiger partial charge is 0.241 e. The minimum Gasteiger partial charge on any atom is -0.507 e. The van der Waals surface area contributed by atoms with E-state index in [0.717, 1.165) is 16.5 Å². The number of halogens is 2. The number of allylic oxidation sites excluding steroid dienone is 2. The van der Waals surface area contributed by atoms with Crippen LogP contribution in [0.5, 0.6) is 5.75 Å². The van der Waals surface area contributed by atoms with Gasteiger partial charge < -0.3 is 5.11 Å². The summed E-state index contributed by atoms with van der Waals surface area (Å²) in [7, 11) is 0. The molecule has 2 aliphatic heterocycles. The van der Waals surface area contributed by atoms with E-state index in [2.05, 4.69) is 0 Å². The summed E-state index contributed by atoms with van der Waals surface area (Å²) in [6.45, 7) is 3.49. The van der Waals surface area contributed by atoms with Crippen molar-refractivity contribution < 1.29 is 28.7 Å². The fraction of sp³-hybridized carbons (Fsp3) is 0.294. The lowest BCUT2D eigenvalue weighted by atomic mass is 9.51. The molecule has 9 heteroatoms. The topological polar surface area (TPSA) is 95.0 Å². The molecule has 0 aromatic heterocycles. The van der Waals surface area contributed by atoms with Gasteiger partial charge >= 0.3 is 0 Å². The van der Waals surface area contributed by atoms with Crippen LogP contribution in [0.3, 0.4) is 0 Å². The Balaban J connectivity index is 1.39. The molecule has 2 heterocycles. The van der Waals surface area contributed by atoms with Crippen molar-refractivity contribution in [2.45, 2.75) is 32.6 Å². The summed E-state index contributed by atoms with van der Waals surface area (Å²) in [5, 5.41) is 11.1. The fourth-order valence-corrected chi connectivity index (χ4v) is 8.15. The molecule has 4 amide bonds. The molecule has 2 saturated heterocycles. The Labute approximate surface area is 252 Å². The molecule has 43 heavy (non-hydrogen) atoms. The molecule has 1 N–H and O–H groups in total. The first-order chi connectivity index (χ1) is 20.6. The van der Waals surface area contributed by atoms with Gasteiger partial charge in [-0.2, -0.15) is 0 Å². The quantitative estimate of drug-likeness (QED) is 0.298. The molecule has 0 spiro atoms. The van der Waals surface area contributed by atoms with E-state index in [1.165, 1.54) is 17.0 Å². The van der Waals surface area contributed by atoms with Gasteiger partial charge in [0.05, 0.1) is 39.6 Å². The number of phenols is 1. The molecule has 218 valence electrons. The summed E-state index contributed by atoms with van der Waals surface area (Å²) in [6, 6.07) is 17.8. The zero-order chi connectivity index (χ0) is 30.4. The van der Waals surface area contributed by atoms with Crippen LogP contribution in [0.25, 0.3) is 0 Å². The molecular formula is C34H28ClFN2O5. The largest absolute Gasteiger partial charge is 0.507 e. The highest BCUT2D eigenvalue weighted by Crippen LogP contribution is 2.64. The van der Waals surface area contributed by atoms with Crippen LogP contribution >= 0.6 is 11.6 Å². The summed E-state index contributed by atoms with van der Waals surface area (Å²) in [6.07, 6.45) is 2.41. The Kier molecular flexibility index (Phi) is 6.15. The molecule has 7 rings (SSSR count). The molecule has 0 bridgehead atoms. The number of carbonyl (C=O) groups is 4. The number of rotatable bonds is 3. The second-order valence-corrected chi connectivity index (χ2v) is 12.5. The molecule has 3 aromatic carbocycles. The molecule has 2 aliphatic carbocycles. The van der Waals surface area contributed by atoms with Gasteiger partial charge in [-0.25, -0.2) is 9.29 Å². The number of phenolic OH excluding ortho intramolecular Hbond substituents is 1. The van der Waals surface area contributed by atoms with E-state index >= 15 is 0 Å². The van der Waals surface area contributed by atoms with Crippen LogP contribution in [-0.4, -0.2) is 28.7 Å². The van der Waals surface area contributed by atoms with Crippen molar-refractivity contribution in [1.82, 2.24) is 0 Å². The van der Waals surface area contributed by atoms with Crippen molar-refractivity contribution in [3.63, 3.8) is 0 Å². The summed E-state index contributed by atoms with van der Waals surface area (Å²) in [5.41, 5.74) is 1.18. The molecule has 3 aromatic rings. The van der Waals surface area contributed by atoms with E-state index in [1.807, 2.05) is 12.1 Å². The molecule has 3 fully saturated rings. The van der Waals surface area contributed by atoms with Crippen LogP contribution in [0.4, 0.5) is 15.8 Å². The van der Waals surface area contributed by atoms with Crippen molar-refractivity contribution in [1.29, 1.82) is 0 Å². The van der Waals surface area contributed by atoms with E-state index in [4.69, 9.17) is 11.6 Å². The number of hydrogen-bond acceptors (Lipinski definition) is 5. The number of imide groups is 2. The van der Waals surface area contributed by atoms with Crippen LogP contribution in [0, 0.1) is 41.8 Å². The molecule has 7 nitrogen and oxygen atoms in total. The number of nitrogens with zero attached hydrogens (tertiary/aromatic N) is 2. The maximum atomic E-state index is 14.4. The number of anilines is 2. The lowest BCUT2D eigenvalue weighted by molar-refractivity contribution is -0.131. The lowest BCUT2D eigenvalue weighted by Gasteiger charge is -2.49. The Morgan fingerprint density at radius 1 is 0.884 bits per heavy atom. The number of benzene rings is 3. The Morgan fingerprint density at radius 2 is 1.63 bits per heavy atom. The summed E-state index contributed by atoms with van der Waals surface area (Å²) in [5.74, 6) is -5.69. The van der Waals surface area contributed by atoms with E-state index in [-0.39, 0.29) is 34.7 Å². The van der Waals surface area contributed by atoms with E-state index in [0.29, 0.717) is 23.2 Å². The normalized spacial score (nSPS) is 29.9. The van der Waals surface area contributed by atoms with Gasteiger partial charge in [-0.15, -0.1) is 0 Å².